The number of aliphatic carboxylic acids is 1. The average Bonchev–Trinajstić information content (AvgIpc) is 1.41. The molecule has 0 aromatic rings. The van der Waals surface area contributed by atoms with Crippen LogP contribution in [0.1, 0.15) is 0 Å². The maximum Gasteiger partial charge on any atom is 0.161 e. The topological polar surface area (TPSA) is 57.5 Å². The predicted octanol–water partition coefficient (Wildman–Crippen LogP) is -0.0386. The molecule has 0 unspecified atom stereocenters. The minimum Gasteiger partial charge on any atom is -0.503 e. The Kier molecular flexibility index (Phi) is 77.8. The second-order valence-corrected chi connectivity index (χ2v) is 0.394. The third kappa shape index (κ3) is 1150. The van der Waals surface area contributed by atoms with Crippen LogP contribution >= 0.6 is 0 Å². The first kappa shape index (κ1) is 23.8. The summed E-state index contributed by atoms with van der Waals surface area (Å²) in [4.78, 5) is 8.89. The van der Waals surface area contributed by atoms with Gasteiger partial charge in [0.2, 0.25) is 0 Å². The van der Waals surface area contributed by atoms with Crippen LogP contribution in [0.15, 0.2) is 0 Å². The van der Waals surface area contributed by atoms with Gasteiger partial charge in [0.1, 0.15) is 0 Å². The number of rotatable bonds is 0. The maximum atomic E-state index is 8.89. The Morgan fingerprint density at radius 2 is 1.50 bits per heavy atom. The summed E-state index contributed by atoms with van der Waals surface area (Å²) in [7, 11) is 1.00. The molecule has 8 heavy (non-hydrogen) atoms. The summed E-state index contributed by atoms with van der Waals surface area (Å²) in [5.74, 6) is -1.08. The Morgan fingerprint density at radius 1 is 1.50 bits per heavy atom. The van der Waals surface area contributed by atoms with Gasteiger partial charge < -0.3 is 17.6 Å². The van der Waals surface area contributed by atoms with Crippen molar-refractivity contribution in [3.8, 4) is 0 Å². The molecule has 0 rings (SSSR count). The molecule has 0 spiro atoms. The molecular weight excluding hydrogens is 185 g/mol. The number of aliphatic hydroxyl groups is 1. The van der Waals surface area contributed by atoms with Crippen molar-refractivity contribution in [3.05, 3.63) is 14.4 Å². The molecule has 0 bridgehead atoms. The molecule has 0 fully saturated rings. The minimum absolute atomic E-state index is 0. The van der Waals surface area contributed by atoms with E-state index in [0.29, 0.717) is 0 Å². The standard InChI is InChI=1S/C2H3O2.CH4O.CH3.Y/c1-2(3)4;1-2;;/h1H2,(H,3,4);2H,1H3;1H3;/q-1;;-1;. The van der Waals surface area contributed by atoms with E-state index in [2.05, 4.69) is 6.92 Å². The summed E-state index contributed by atoms with van der Waals surface area (Å²) >= 11 is 0. The van der Waals surface area contributed by atoms with Crippen LogP contribution in [0.4, 0.5) is 0 Å². The Labute approximate surface area is 75.0 Å². The van der Waals surface area contributed by atoms with Gasteiger partial charge in [-0.3, -0.25) is 11.7 Å². The van der Waals surface area contributed by atoms with Crippen molar-refractivity contribution in [2.45, 2.75) is 0 Å². The zero-order valence-electron chi connectivity index (χ0n) is 5.09. The van der Waals surface area contributed by atoms with E-state index in [1.807, 2.05) is 0 Å². The SMILES string of the molecule is CO.[CH2-]C(=O)O.[CH3-].[Y]. The Bertz CT molecular complexity index is 34.3. The molecule has 2 N–H and O–H groups in total. The molecule has 0 saturated heterocycles. The first-order valence-electron chi connectivity index (χ1n) is 1.23. The summed E-state index contributed by atoms with van der Waals surface area (Å²) in [5, 5.41) is 14.3. The molecule has 0 heterocycles. The van der Waals surface area contributed by atoms with Gasteiger partial charge >= 0.3 is 0 Å². The van der Waals surface area contributed by atoms with E-state index in [-0.39, 0.29) is 40.1 Å². The van der Waals surface area contributed by atoms with E-state index < -0.39 is 5.97 Å². The first-order chi connectivity index (χ1) is 2.73. The van der Waals surface area contributed by atoms with Gasteiger partial charge in [-0.05, 0) is 0 Å². The molecule has 0 aliphatic heterocycles. The van der Waals surface area contributed by atoms with E-state index in [9.17, 15) is 0 Å². The van der Waals surface area contributed by atoms with Crippen LogP contribution in [-0.4, -0.2) is 23.3 Å². The maximum absolute atomic E-state index is 8.89. The van der Waals surface area contributed by atoms with Crippen molar-refractivity contribution < 1.29 is 47.7 Å². The molecular formula is C4H10O3Y-2. The average molecular weight is 195 g/mol. The Balaban J connectivity index is -0.0000000183. The van der Waals surface area contributed by atoms with Crippen molar-refractivity contribution in [2.75, 3.05) is 7.11 Å². The predicted molar refractivity (Wildman–Crippen MR) is 27.5 cm³/mol. The third-order valence-electron chi connectivity index (χ3n) is 0. The van der Waals surface area contributed by atoms with Crippen molar-refractivity contribution in [2.24, 2.45) is 0 Å². The fourth-order valence-electron chi connectivity index (χ4n) is 0. The molecule has 0 aromatic carbocycles. The second kappa shape index (κ2) is 26.2. The number of carbonyl (C=O) groups is 1. The molecule has 0 aromatic heterocycles. The molecule has 0 aliphatic carbocycles. The summed E-state index contributed by atoms with van der Waals surface area (Å²) in [6.07, 6.45) is 0. The summed E-state index contributed by atoms with van der Waals surface area (Å²) < 4.78 is 0. The zero-order chi connectivity index (χ0) is 5.58. The largest absolute Gasteiger partial charge is 0.503 e. The number of hydrogen-bond donors (Lipinski definition) is 2. The van der Waals surface area contributed by atoms with Gasteiger partial charge in [-0.2, -0.15) is 0 Å². The summed E-state index contributed by atoms with van der Waals surface area (Å²) in [5.41, 5.74) is 0. The molecule has 0 atom stereocenters. The number of carboxylic acid groups (broad SMARTS) is 1. The molecule has 1 radical (unpaired) electrons. The summed E-state index contributed by atoms with van der Waals surface area (Å²) in [6, 6.07) is 0. The van der Waals surface area contributed by atoms with Crippen molar-refractivity contribution in [1.82, 2.24) is 0 Å². The normalized spacial score (nSPS) is 3.75. The first-order valence-corrected chi connectivity index (χ1v) is 1.23. The van der Waals surface area contributed by atoms with Gasteiger partial charge in [0.15, 0.2) is 5.97 Å². The molecule has 4 heteroatoms. The molecule has 0 amide bonds. The van der Waals surface area contributed by atoms with Crippen LogP contribution in [0.5, 0.6) is 0 Å². The Morgan fingerprint density at radius 3 is 1.50 bits per heavy atom. The van der Waals surface area contributed by atoms with E-state index >= 15 is 0 Å². The van der Waals surface area contributed by atoms with Crippen LogP contribution in [0, 0.1) is 14.4 Å². The van der Waals surface area contributed by atoms with Crippen molar-refractivity contribution in [1.29, 1.82) is 0 Å². The van der Waals surface area contributed by atoms with Crippen molar-refractivity contribution in [3.63, 3.8) is 0 Å². The van der Waals surface area contributed by atoms with E-state index in [0.717, 1.165) is 7.11 Å². The third-order valence-corrected chi connectivity index (χ3v) is 0. The van der Waals surface area contributed by atoms with Gasteiger partial charge in [0.05, 0.1) is 0 Å². The van der Waals surface area contributed by atoms with Crippen LogP contribution in [0.25, 0.3) is 0 Å². The van der Waals surface area contributed by atoms with Crippen molar-refractivity contribution >= 4 is 5.97 Å². The number of aliphatic hydroxyl groups excluding tert-OH is 1. The van der Waals surface area contributed by atoms with Crippen LogP contribution in [0.2, 0.25) is 0 Å². The zero-order valence-corrected chi connectivity index (χ0v) is 7.93. The quantitative estimate of drug-likeness (QED) is 0.533. The van der Waals surface area contributed by atoms with Gasteiger partial charge in [-0.25, -0.2) is 0 Å². The molecule has 0 aliphatic rings. The minimum atomic E-state index is -1.08. The molecule has 3 nitrogen and oxygen atoms in total. The molecule has 49 valence electrons. The van der Waals surface area contributed by atoms with E-state index in [1.54, 1.807) is 0 Å². The van der Waals surface area contributed by atoms with Crippen LogP contribution < -0.4 is 0 Å². The fraction of sp³-hybridized carbons (Fsp3) is 0.250. The van der Waals surface area contributed by atoms with E-state index in [4.69, 9.17) is 15.0 Å². The van der Waals surface area contributed by atoms with Crippen LogP contribution in [-0.2, 0) is 37.5 Å². The van der Waals surface area contributed by atoms with E-state index in [1.165, 1.54) is 0 Å². The van der Waals surface area contributed by atoms with Gasteiger partial charge in [-0.15, -0.1) is 0 Å². The number of hydrogen-bond acceptors (Lipinski definition) is 2. The monoisotopic (exact) mass is 195 g/mol. The van der Waals surface area contributed by atoms with Crippen LogP contribution in [0.3, 0.4) is 0 Å². The van der Waals surface area contributed by atoms with Gasteiger partial charge in [-0.1, -0.05) is 0 Å². The second-order valence-electron chi connectivity index (χ2n) is 0.394. The molecule has 0 saturated carbocycles. The number of carboxylic acids is 1. The Hall–Kier alpha value is 0.404. The fourth-order valence-corrected chi connectivity index (χ4v) is 0. The smallest absolute Gasteiger partial charge is 0.161 e. The van der Waals surface area contributed by atoms with Gasteiger partial charge in [0, 0.05) is 39.8 Å². The van der Waals surface area contributed by atoms with Gasteiger partial charge in [0.25, 0.3) is 0 Å². The summed E-state index contributed by atoms with van der Waals surface area (Å²) in [6.45, 7) is 2.56.